The zero-order valence-electron chi connectivity index (χ0n) is 8.72. The summed E-state index contributed by atoms with van der Waals surface area (Å²) >= 11 is 0. The molecular formula is C10H12F2N2O2. The van der Waals surface area contributed by atoms with E-state index in [-0.39, 0.29) is 24.7 Å². The van der Waals surface area contributed by atoms with Crippen molar-refractivity contribution in [1.29, 1.82) is 0 Å². The van der Waals surface area contributed by atoms with Gasteiger partial charge >= 0.3 is 0 Å². The maximum absolute atomic E-state index is 12.7. The Hall–Kier alpha value is -1.69. The summed E-state index contributed by atoms with van der Waals surface area (Å²) in [5.41, 5.74) is 4.82. The Morgan fingerprint density at radius 3 is 2.75 bits per heavy atom. The lowest BCUT2D eigenvalue weighted by Gasteiger charge is -2.06. The van der Waals surface area contributed by atoms with E-state index in [0.29, 0.717) is 0 Å². The Balaban J connectivity index is 2.37. The molecule has 0 bridgehead atoms. The third-order valence-corrected chi connectivity index (χ3v) is 1.75. The normalized spacial score (nSPS) is 9.94. The Morgan fingerprint density at radius 2 is 2.12 bits per heavy atom. The van der Waals surface area contributed by atoms with E-state index in [1.165, 1.54) is 6.07 Å². The highest BCUT2D eigenvalue weighted by molar-refractivity contribution is 5.75. The molecule has 1 aromatic carbocycles. The molecule has 0 aliphatic carbocycles. The monoisotopic (exact) mass is 230 g/mol. The average Bonchev–Trinajstić information content (AvgIpc) is 2.24. The maximum atomic E-state index is 12.7. The minimum atomic E-state index is -0.975. The van der Waals surface area contributed by atoms with Crippen LogP contribution in [-0.2, 0) is 4.79 Å². The fraction of sp³-hybridized carbons (Fsp3) is 0.300. The first-order valence-corrected chi connectivity index (χ1v) is 4.67. The second kappa shape index (κ2) is 6.02. The van der Waals surface area contributed by atoms with Crippen molar-refractivity contribution < 1.29 is 18.3 Å². The van der Waals surface area contributed by atoms with Crippen LogP contribution < -0.4 is 15.6 Å². The van der Waals surface area contributed by atoms with Gasteiger partial charge in [0, 0.05) is 13.1 Å². The van der Waals surface area contributed by atoms with Gasteiger partial charge in [0.2, 0.25) is 5.91 Å². The predicted molar refractivity (Wildman–Crippen MR) is 53.7 cm³/mol. The van der Waals surface area contributed by atoms with Gasteiger partial charge in [-0.05, 0) is 12.1 Å². The van der Waals surface area contributed by atoms with Crippen molar-refractivity contribution in [1.82, 2.24) is 10.9 Å². The van der Waals surface area contributed by atoms with Gasteiger partial charge in [-0.1, -0.05) is 0 Å². The minimum Gasteiger partial charge on any atom is -0.493 e. The molecule has 4 nitrogen and oxygen atoms in total. The van der Waals surface area contributed by atoms with Crippen LogP contribution in [0.2, 0.25) is 0 Å². The van der Waals surface area contributed by atoms with Gasteiger partial charge in [0.25, 0.3) is 0 Å². The van der Waals surface area contributed by atoms with E-state index in [0.717, 1.165) is 12.1 Å². The van der Waals surface area contributed by atoms with Gasteiger partial charge in [0.15, 0.2) is 11.6 Å². The summed E-state index contributed by atoms with van der Waals surface area (Å²) in [5, 5.41) is 0. The fourth-order valence-electron chi connectivity index (χ4n) is 1.03. The lowest BCUT2D eigenvalue weighted by atomic mass is 10.3. The van der Waals surface area contributed by atoms with Crippen molar-refractivity contribution >= 4 is 5.91 Å². The number of benzene rings is 1. The number of hydrogen-bond acceptors (Lipinski definition) is 3. The van der Waals surface area contributed by atoms with Crippen LogP contribution in [0.15, 0.2) is 18.2 Å². The molecule has 1 aromatic rings. The summed E-state index contributed by atoms with van der Waals surface area (Å²) in [6.07, 6.45) is 0.125. The first-order valence-electron chi connectivity index (χ1n) is 4.67. The Labute approximate surface area is 91.6 Å². The van der Waals surface area contributed by atoms with Gasteiger partial charge in [-0.2, -0.15) is 0 Å². The molecule has 0 atom stereocenters. The van der Waals surface area contributed by atoms with Gasteiger partial charge in [0.1, 0.15) is 5.75 Å². The number of hydrogen-bond donors (Lipinski definition) is 2. The molecule has 0 spiro atoms. The van der Waals surface area contributed by atoms with Crippen molar-refractivity contribution in [3.05, 3.63) is 29.8 Å². The van der Waals surface area contributed by atoms with Gasteiger partial charge in [0.05, 0.1) is 13.0 Å². The lowest BCUT2D eigenvalue weighted by molar-refractivity contribution is -0.122. The number of ether oxygens (including phenoxy) is 1. The second-order valence-electron chi connectivity index (χ2n) is 2.97. The van der Waals surface area contributed by atoms with Crippen LogP contribution in [0.25, 0.3) is 0 Å². The molecule has 0 radical (unpaired) electrons. The number of carbonyl (C=O) groups excluding carboxylic acids is 1. The number of rotatable bonds is 5. The maximum Gasteiger partial charge on any atom is 0.237 e. The van der Waals surface area contributed by atoms with Gasteiger partial charge < -0.3 is 4.74 Å². The SMILES string of the molecule is CNNC(=O)CCOc1ccc(F)c(F)c1. The van der Waals surface area contributed by atoms with E-state index in [1.54, 1.807) is 7.05 Å². The summed E-state index contributed by atoms with van der Waals surface area (Å²) in [7, 11) is 1.56. The minimum absolute atomic E-state index is 0.0958. The smallest absolute Gasteiger partial charge is 0.237 e. The topological polar surface area (TPSA) is 50.4 Å². The van der Waals surface area contributed by atoms with Crippen LogP contribution in [-0.4, -0.2) is 19.6 Å². The van der Waals surface area contributed by atoms with Crippen LogP contribution in [0, 0.1) is 11.6 Å². The fourth-order valence-corrected chi connectivity index (χ4v) is 1.03. The first kappa shape index (κ1) is 12.4. The average molecular weight is 230 g/mol. The molecule has 0 saturated carbocycles. The molecule has 88 valence electrons. The van der Waals surface area contributed by atoms with Crippen LogP contribution in [0.4, 0.5) is 8.78 Å². The van der Waals surface area contributed by atoms with Crippen molar-refractivity contribution in [3.8, 4) is 5.75 Å². The lowest BCUT2D eigenvalue weighted by Crippen LogP contribution is -2.34. The predicted octanol–water partition coefficient (Wildman–Crippen LogP) is 0.984. The van der Waals surface area contributed by atoms with E-state index >= 15 is 0 Å². The van der Waals surface area contributed by atoms with Crippen LogP contribution >= 0.6 is 0 Å². The molecule has 1 amide bonds. The Bertz CT molecular complexity index is 372. The van der Waals surface area contributed by atoms with Crippen LogP contribution in [0.3, 0.4) is 0 Å². The molecule has 0 aliphatic rings. The molecule has 0 heterocycles. The van der Waals surface area contributed by atoms with Crippen molar-refractivity contribution in [2.24, 2.45) is 0 Å². The third kappa shape index (κ3) is 3.82. The highest BCUT2D eigenvalue weighted by Gasteiger charge is 2.04. The summed E-state index contributed by atoms with van der Waals surface area (Å²) in [5.74, 6) is -1.96. The standard InChI is InChI=1S/C10H12F2N2O2/c1-13-14-10(15)4-5-16-7-2-3-8(11)9(12)6-7/h2-3,6,13H,4-5H2,1H3,(H,14,15). The summed E-state index contributed by atoms with van der Waals surface area (Å²) in [6, 6.07) is 3.21. The second-order valence-corrected chi connectivity index (χ2v) is 2.97. The zero-order chi connectivity index (χ0) is 12.0. The first-order chi connectivity index (χ1) is 7.63. The molecular weight excluding hydrogens is 218 g/mol. The quantitative estimate of drug-likeness (QED) is 0.741. The van der Waals surface area contributed by atoms with Crippen molar-refractivity contribution in [3.63, 3.8) is 0 Å². The van der Waals surface area contributed by atoms with Gasteiger partial charge in [-0.25, -0.2) is 14.2 Å². The molecule has 0 fully saturated rings. The largest absolute Gasteiger partial charge is 0.493 e. The van der Waals surface area contributed by atoms with E-state index in [1.807, 2.05) is 0 Å². The molecule has 2 N–H and O–H groups in total. The Morgan fingerprint density at radius 1 is 1.38 bits per heavy atom. The van der Waals surface area contributed by atoms with E-state index in [9.17, 15) is 13.6 Å². The third-order valence-electron chi connectivity index (χ3n) is 1.75. The number of hydrazine groups is 1. The number of carbonyl (C=O) groups is 1. The van der Waals surface area contributed by atoms with Crippen LogP contribution in [0.5, 0.6) is 5.75 Å². The summed E-state index contributed by atoms with van der Waals surface area (Å²) < 4.78 is 30.4. The van der Waals surface area contributed by atoms with Gasteiger partial charge in [-0.15, -0.1) is 0 Å². The molecule has 1 rings (SSSR count). The molecule has 16 heavy (non-hydrogen) atoms. The molecule has 6 heteroatoms. The van der Waals surface area contributed by atoms with Crippen LogP contribution in [0.1, 0.15) is 6.42 Å². The van der Waals surface area contributed by atoms with Crippen molar-refractivity contribution in [2.45, 2.75) is 6.42 Å². The molecule has 0 aliphatic heterocycles. The highest BCUT2D eigenvalue weighted by atomic mass is 19.2. The molecule has 0 saturated heterocycles. The van der Waals surface area contributed by atoms with Gasteiger partial charge in [-0.3, -0.25) is 10.2 Å². The zero-order valence-corrected chi connectivity index (χ0v) is 8.72. The Kier molecular flexibility index (Phi) is 4.65. The summed E-state index contributed by atoms with van der Waals surface area (Å²) in [6.45, 7) is 0.0958. The molecule has 0 aromatic heterocycles. The van der Waals surface area contributed by atoms with E-state index in [4.69, 9.17) is 4.74 Å². The highest BCUT2D eigenvalue weighted by Crippen LogP contribution is 2.15. The van der Waals surface area contributed by atoms with E-state index < -0.39 is 11.6 Å². The number of halogens is 2. The van der Waals surface area contributed by atoms with E-state index in [2.05, 4.69) is 10.9 Å². The summed E-state index contributed by atoms with van der Waals surface area (Å²) in [4.78, 5) is 11.0. The number of amides is 1. The van der Waals surface area contributed by atoms with Crippen molar-refractivity contribution in [2.75, 3.05) is 13.7 Å². The molecule has 0 unspecified atom stereocenters. The number of nitrogens with one attached hydrogen (secondary N) is 2.